The predicted octanol–water partition coefficient (Wildman–Crippen LogP) is 0.845. The molecule has 2 aromatic rings. The molecule has 0 saturated heterocycles. The van der Waals surface area contributed by atoms with Gasteiger partial charge in [0.15, 0.2) is 5.82 Å². The number of aromatic amines is 1. The van der Waals surface area contributed by atoms with E-state index in [9.17, 15) is 4.79 Å². The minimum absolute atomic E-state index is 0.226. The predicted molar refractivity (Wildman–Crippen MR) is 54.7 cm³/mol. The van der Waals surface area contributed by atoms with Crippen LogP contribution in [0.5, 0.6) is 0 Å². The molecule has 15 heavy (non-hydrogen) atoms. The zero-order valence-corrected chi connectivity index (χ0v) is 8.97. The first-order valence-corrected chi connectivity index (χ1v) is 5.26. The van der Waals surface area contributed by atoms with Gasteiger partial charge in [-0.1, -0.05) is 16.8 Å². The maximum Gasteiger partial charge on any atom is 0.263 e. The summed E-state index contributed by atoms with van der Waals surface area (Å²) in [6.07, 6.45) is 0. The van der Waals surface area contributed by atoms with E-state index in [-0.39, 0.29) is 12.5 Å². The second kappa shape index (κ2) is 4.37. The molecule has 0 atom stereocenters. The van der Waals surface area contributed by atoms with Gasteiger partial charge in [0.1, 0.15) is 4.88 Å². The summed E-state index contributed by atoms with van der Waals surface area (Å²) in [6.45, 7) is 0.226. The lowest BCUT2D eigenvalue weighted by atomic mass is 10.4. The molecule has 0 aromatic carbocycles. The smallest absolute Gasteiger partial charge is 0.263 e. The summed E-state index contributed by atoms with van der Waals surface area (Å²) in [5.41, 5.74) is 0. The third-order valence-corrected chi connectivity index (χ3v) is 2.96. The minimum Gasteiger partial charge on any atom is -0.344 e. The molecule has 0 unspecified atom stereocenters. The van der Waals surface area contributed by atoms with Gasteiger partial charge in [0, 0.05) is 0 Å². The van der Waals surface area contributed by atoms with Crippen LogP contribution in [0.3, 0.4) is 0 Å². The normalized spacial score (nSPS) is 10.2. The summed E-state index contributed by atoms with van der Waals surface area (Å²) in [4.78, 5) is 12.0. The van der Waals surface area contributed by atoms with Gasteiger partial charge in [-0.25, -0.2) is 0 Å². The highest BCUT2D eigenvalue weighted by Gasteiger charge is 2.11. The summed E-state index contributed by atoms with van der Waals surface area (Å²) in [6, 6.07) is 1.68. The molecule has 2 aromatic heterocycles. The molecule has 8 heteroatoms. The topological polar surface area (TPSA) is 83.6 Å². The molecule has 0 bridgehead atoms. The van der Waals surface area contributed by atoms with Crippen LogP contribution in [0.25, 0.3) is 0 Å². The van der Waals surface area contributed by atoms with Crippen molar-refractivity contribution in [2.45, 2.75) is 6.54 Å². The Balaban J connectivity index is 1.96. The van der Waals surface area contributed by atoms with Crippen LogP contribution in [0.1, 0.15) is 15.5 Å². The van der Waals surface area contributed by atoms with Crippen molar-refractivity contribution in [3.8, 4) is 0 Å². The monoisotopic (exact) mass is 243 g/mol. The van der Waals surface area contributed by atoms with E-state index >= 15 is 0 Å². The van der Waals surface area contributed by atoms with Gasteiger partial charge in [0.2, 0.25) is 0 Å². The van der Waals surface area contributed by atoms with E-state index in [1.54, 1.807) is 11.4 Å². The molecular weight excluding hydrogens is 238 g/mol. The number of thiophene rings is 1. The number of H-pyrrole nitrogens is 1. The van der Waals surface area contributed by atoms with Gasteiger partial charge in [-0.15, -0.1) is 21.5 Å². The third kappa shape index (κ3) is 2.31. The fourth-order valence-electron chi connectivity index (χ4n) is 0.953. The van der Waals surface area contributed by atoms with E-state index in [4.69, 9.17) is 11.6 Å². The van der Waals surface area contributed by atoms with Crippen LogP contribution >= 0.6 is 22.9 Å². The van der Waals surface area contributed by atoms with Crippen LogP contribution in [0.4, 0.5) is 0 Å². The Morgan fingerprint density at radius 2 is 2.53 bits per heavy atom. The molecule has 0 fully saturated rings. The number of rotatable bonds is 3. The number of amides is 1. The number of nitrogens with one attached hydrogen (secondary N) is 2. The van der Waals surface area contributed by atoms with Crippen molar-refractivity contribution in [3.63, 3.8) is 0 Å². The Morgan fingerprint density at radius 1 is 1.67 bits per heavy atom. The van der Waals surface area contributed by atoms with Crippen LogP contribution < -0.4 is 5.32 Å². The molecule has 0 aliphatic carbocycles. The van der Waals surface area contributed by atoms with Crippen molar-refractivity contribution in [3.05, 3.63) is 27.2 Å². The molecule has 0 aliphatic rings. The van der Waals surface area contributed by atoms with Gasteiger partial charge in [0.25, 0.3) is 5.91 Å². The molecule has 2 rings (SSSR count). The summed E-state index contributed by atoms with van der Waals surface area (Å²) < 4.78 is 0. The van der Waals surface area contributed by atoms with Crippen molar-refractivity contribution in [2.24, 2.45) is 0 Å². The number of tetrazole rings is 1. The van der Waals surface area contributed by atoms with E-state index in [0.29, 0.717) is 15.7 Å². The van der Waals surface area contributed by atoms with Gasteiger partial charge in [-0.05, 0) is 11.4 Å². The van der Waals surface area contributed by atoms with Gasteiger partial charge < -0.3 is 5.32 Å². The first-order valence-electron chi connectivity index (χ1n) is 4.01. The Morgan fingerprint density at radius 3 is 3.13 bits per heavy atom. The SMILES string of the molecule is O=C(NCc1nn[nH]n1)c1sccc1Cl. The van der Waals surface area contributed by atoms with Gasteiger partial charge in [-0.2, -0.15) is 5.21 Å². The number of hydrogen-bond acceptors (Lipinski definition) is 5. The van der Waals surface area contributed by atoms with E-state index in [0.717, 1.165) is 0 Å². The number of halogens is 1. The molecule has 78 valence electrons. The van der Waals surface area contributed by atoms with Crippen LogP contribution in [0.2, 0.25) is 5.02 Å². The molecule has 0 saturated carbocycles. The zero-order valence-electron chi connectivity index (χ0n) is 7.40. The Hall–Kier alpha value is -1.47. The summed E-state index contributed by atoms with van der Waals surface area (Å²) in [5, 5.41) is 17.9. The van der Waals surface area contributed by atoms with Crippen LogP contribution in [0.15, 0.2) is 11.4 Å². The highest BCUT2D eigenvalue weighted by atomic mass is 35.5. The van der Waals surface area contributed by atoms with Crippen molar-refractivity contribution < 1.29 is 4.79 Å². The molecule has 6 nitrogen and oxygen atoms in total. The largest absolute Gasteiger partial charge is 0.344 e. The molecule has 0 radical (unpaired) electrons. The lowest BCUT2D eigenvalue weighted by Gasteiger charge is -1.99. The molecule has 2 heterocycles. The Kier molecular flexibility index (Phi) is 2.93. The summed E-state index contributed by atoms with van der Waals surface area (Å²) in [7, 11) is 0. The quantitative estimate of drug-likeness (QED) is 0.837. The number of carbonyl (C=O) groups excluding carboxylic acids is 1. The number of nitrogens with zero attached hydrogens (tertiary/aromatic N) is 3. The maximum absolute atomic E-state index is 11.6. The molecule has 1 amide bonds. The fourth-order valence-corrected chi connectivity index (χ4v) is 2.01. The van der Waals surface area contributed by atoms with Gasteiger partial charge >= 0.3 is 0 Å². The number of aromatic nitrogens is 4. The maximum atomic E-state index is 11.6. The number of carbonyl (C=O) groups is 1. The Labute approximate surface area is 93.6 Å². The van der Waals surface area contributed by atoms with Gasteiger partial charge in [-0.3, -0.25) is 4.79 Å². The van der Waals surface area contributed by atoms with E-state index in [1.807, 2.05) is 0 Å². The minimum atomic E-state index is -0.236. The zero-order chi connectivity index (χ0) is 10.7. The highest BCUT2D eigenvalue weighted by Crippen LogP contribution is 2.21. The van der Waals surface area contributed by atoms with E-state index < -0.39 is 0 Å². The second-order valence-corrected chi connectivity index (χ2v) is 3.93. The van der Waals surface area contributed by atoms with Gasteiger partial charge in [0.05, 0.1) is 11.6 Å². The summed E-state index contributed by atoms with van der Waals surface area (Å²) in [5.74, 6) is 0.191. The van der Waals surface area contributed by atoms with Crippen molar-refractivity contribution in [1.29, 1.82) is 0 Å². The van der Waals surface area contributed by atoms with Crippen molar-refractivity contribution in [1.82, 2.24) is 25.9 Å². The van der Waals surface area contributed by atoms with E-state index in [1.165, 1.54) is 11.3 Å². The first-order chi connectivity index (χ1) is 7.27. The Bertz CT molecular complexity index is 454. The van der Waals surface area contributed by atoms with Crippen molar-refractivity contribution >= 4 is 28.8 Å². The van der Waals surface area contributed by atoms with Crippen LogP contribution in [0, 0.1) is 0 Å². The standard InChI is InChI=1S/C7H6ClN5OS/c8-4-1-2-15-6(4)7(14)9-3-5-10-12-13-11-5/h1-2H,3H2,(H,9,14)(H,10,11,12,13). The van der Waals surface area contributed by atoms with E-state index in [2.05, 4.69) is 25.9 Å². The highest BCUT2D eigenvalue weighted by molar-refractivity contribution is 7.12. The average molecular weight is 244 g/mol. The van der Waals surface area contributed by atoms with Crippen LogP contribution in [-0.2, 0) is 6.54 Å². The first kappa shape index (κ1) is 10.1. The third-order valence-electron chi connectivity index (χ3n) is 1.62. The second-order valence-electron chi connectivity index (χ2n) is 2.61. The number of hydrogen-bond donors (Lipinski definition) is 2. The average Bonchev–Trinajstić information content (AvgIpc) is 2.84. The summed E-state index contributed by atoms with van der Waals surface area (Å²) >= 11 is 7.08. The molecule has 0 aliphatic heterocycles. The van der Waals surface area contributed by atoms with Crippen LogP contribution in [-0.4, -0.2) is 26.5 Å². The fraction of sp³-hybridized carbons (Fsp3) is 0.143. The molecular formula is C7H6ClN5OS. The molecule has 2 N–H and O–H groups in total. The van der Waals surface area contributed by atoms with Crippen molar-refractivity contribution in [2.75, 3.05) is 0 Å². The lowest BCUT2D eigenvalue weighted by molar-refractivity contribution is 0.0954. The molecule has 0 spiro atoms. The lowest BCUT2D eigenvalue weighted by Crippen LogP contribution is -2.22.